The van der Waals surface area contributed by atoms with Crippen LogP contribution in [0.2, 0.25) is 0 Å². The van der Waals surface area contributed by atoms with E-state index in [1.807, 2.05) is 13.8 Å². The Kier molecular flexibility index (Phi) is 5.32. The summed E-state index contributed by atoms with van der Waals surface area (Å²) < 4.78 is 10.6. The van der Waals surface area contributed by atoms with Gasteiger partial charge in [0.05, 0.1) is 0 Å². The van der Waals surface area contributed by atoms with Crippen LogP contribution in [0, 0.1) is 0 Å². The van der Waals surface area contributed by atoms with Crippen LogP contribution in [0.5, 0.6) is 5.75 Å². The molecule has 2 heterocycles. The van der Waals surface area contributed by atoms with Gasteiger partial charge in [-0.1, -0.05) is 25.4 Å². The van der Waals surface area contributed by atoms with Gasteiger partial charge in [-0.25, -0.2) is 4.79 Å². The Balaban J connectivity index is 2.05. The maximum absolute atomic E-state index is 11.2. The van der Waals surface area contributed by atoms with Gasteiger partial charge in [0.25, 0.3) is 5.89 Å². The summed E-state index contributed by atoms with van der Waals surface area (Å²) in [5, 5.41) is 13.0. The second kappa shape index (κ2) is 7.21. The van der Waals surface area contributed by atoms with Crippen LogP contribution in [0.4, 0.5) is 0 Å². The normalized spacial score (nSPS) is 10.8. The summed E-state index contributed by atoms with van der Waals surface area (Å²) in [4.78, 5) is 16.6. The summed E-state index contributed by atoms with van der Waals surface area (Å²) in [5.74, 6) is 0.394. The van der Waals surface area contributed by atoms with Gasteiger partial charge in [0.2, 0.25) is 0 Å². The molecule has 114 valence electrons. The Bertz CT molecular complexity index is 606. The van der Waals surface area contributed by atoms with Gasteiger partial charge in [0.15, 0.2) is 17.3 Å². The molecule has 6 nitrogen and oxygen atoms in total. The van der Waals surface area contributed by atoms with E-state index in [0.717, 1.165) is 30.6 Å². The lowest BCUT2D eigenvalue weighted by atomic mass is 10.3. The zero-order valence-electron chi connectivity index (χ0n) is 12.1. The first kappa shape index (κ1) is 15.5. The molecule has 0 amide bonds. The zero-order valence-corrected chi connectivity index (χ0v) is 12.9. The van der Waals surface area contributed by atoms with Crippen molar-refractivity contribution in [3.05, 3.63) is 27.5 Å². The van der Waals surface area contributed by atoms with Crippen molar-refractivity contribution >= 4 is 17.3 Å². The number of rotatable bonds is 8. The molecule has 0 atom stereocenters. The van der Waals surface area contributed by atoms with Crippen LogP contribution in [0.25, 0.3) is 0 Å². The van der Waals surface area contributed by atoms with Crippen LogP contribution in [0.15, 0.2) is 10.6 Å². The number of hydrogen-bond acceptors (Lipinski definition) is 6. The third-order valence-corrected chi connectivity index (χ3v) is 3.94. The number of carboxylic acid groups (broad SMARTS) is 1. The Morgan fingerprint density at radius 1 is 1.38 bits per heavy atom. The summed E-state index contributed by atoms with van der Waals surface area (Å²) in [6.45, 7) is 4.17. The van der Waals surface area contributed by atoms with Crippen molar-refractivity contribution in [1.29, 1.82) is 0 Å². The van der Waals surface area contributed by atoms with E-state index in [2.05, 4.69) is 10.1 Å². The van der Waals surface area contributed by atoms with Gasteiger partial charge in [-0.15, -0.1) is 11.3 Å². The van der Waals surface area contributed by atoms with E-state index in [1.165, 1.54) is 11.3 Å². The lowest BCUT2D eigenvalue weighted by Gasteiger charge is -2.01. The third-order valence-electron chi connectivity index (χ3n) is 2.77. The fraction of sp³-hybridized carbons (Fsp3) is 0.500. The highest BCUT2D eigenvalue weighted by Crippen LogP contribution is 2.30. The monoisotopic (exact) mass is 310 g/mol. The summed E-state index contributed by atoms with van der Waals surface area (Å²) in [6, 6.07) is 1.78. The number of hydrogen-bond donors (Lipinski definition) is 1. The number of carboxylic acids is 1. The Hall–Kier alpha value is -1.89. The topological polar surface area (TPSA) is 85.5 Å². The summed E-state index contributed by atoms with van der Waals surface area (Å²) in [6.07, 6.45) is 3.50. The molecule has 0 bridgehead atoms. The minimum atomic E-state index is -0.977. The fourth-order valence-electron chi connectivity index (χ4n) is 1.86. The predicted octanol–water partition coefficient (Wildman–Crippen LogP) is 3.31. The number of aryl methyl sites for hydroxylation is 2. The quantitative estimate of drug-likeness (QED) is 0.805. The van der Waals surface area contributed by atoms with Crippen molar-refractivity contribution in [2.75, 3.05) is 0 Å². The molecular weight excluding hydrogens is 292 g/mol. The Morgan fingerprint density at radius 2 is 2.14 bits per heavy atom. The van der Waals surface area contributed by atoms with Crippen molar-refractivity contribution < 1.29 is 19.2 Å². The summed E-state index contributed by atoms with van der Waals surface area (Å²) in [5.41, 5.74) is 0. The SMILES string of the molecule is CCCc1noc(COc2cc(CCC)sc2C(=O)O)n1. The molecule has 0 unspecified atom stereocenters. The van der Waals surface area contributed by atoms with E-state index in [-0.39, 0.29) is 11.5 Å². The first-order chi connectivity index (χ1) is 10.1. The van der Waals surface area contributed by atoms with Crippen molar-refractivity contribution in [3.8, 4) is 5.75 Å². The molecule has 0 spiro atoms. The van der Waals surface area contributed by atoms with Gasteiger partial charge in [0, 0.05) is 11.3 Å². The van der Waals surface area contributed by atoms with Crippen LogP contribution in [-0.2, 0) is 19.4 Å². The lowest BCUT2D eigenvalue weighted by Crippen LogP contribution is -2.00. The highest BCUT2D eigenvalue weighted by atomic mass is 32.1. The van der Waals surface area contributed by atoms with Crippen molar-refractivity contribution in [2.45, 2.75) is 46.1 Å². The van der Waals surface area contributed by atoms with E-state index < -0.39 is 5.97 Å². The largest absolute Gasteiger partial charge is 0.482 e. The number of thiophene rings is 1. The second-order valence-electron chi connectivity index (χ2n) is 4.60. The number of aromatic carboxylic acids is 1. The van der Waals surface area contributed by atoms with E-state index in [4.69, 9.17) is 9.26 Å². The molecule has 2 rings (SSSR count). The smallest absolute Gasteiger partial charge is 0.349 e. The van der Waals surface area contributed by atoms with E-state index in [1.54, 1.807) is 6.07 Å². The van der Waals surface area contributed by atoms with Crippen molar-refractivity contribution in [2.24, 2.45) is 0 Å². The fourth-order valence-corrected chi connectivity index (χ4v) is 2.90. The second-order valence-corrected chi connectivity index (χ2v) is 5.74. The molecular formula is C14H18N2O4S. The first-order valence-corrected chi connectivity index (χ1v) is 7.76. The minimum absolute atomic E-state index is 0.0826. The molecule has 0 aliphatic heterocycles. The van der Waals surface area contributed by atoms with Gasteiger partial charge in [-0.05, 0) is 18.9 Å². The van der Waals surface area contributed by atoms with Gasteiger partial charge in [0.1, 0.15) is 5.75 Å². The number of carbonyl (C=O) groups is 1. The Morgan fingerprint density at radius 3 is 2.81 bits per heavy atom. The van der Waals surface area contributed by atoms with E-state index >= 15 is 0 Å². The maximum atomic E-state index is 11.2. The standard InChI is InChI=1S/C14H18N2O4S/c1-3-5-9-7-10(13(21-9)14(17)18)19-8-12-15-11(6-4-2)16-20-12/h7H,3-6,8H2,1-2H3,(H,17,18). The predicted molar refractivity (Wildman–Crippen MR) is 77.9 cm³/mol. The van der Waals surface area contributed by atoms with Gasteiger partial charge >= 0.3 is 5.97 Å². The molecule has 2 aromatic heterocycles. The molecule has 0 fully saturated rings. The minimum Gasteiger partial charge on any atom is -0.482 e. The molecule has 1 N–H and O–H groups in total. The van der Waals surface area contributed by atoms with Crippen LogP contribution >= 0.6 is 11.3 Å². The highest BCUT2D eigenvalue weighted by molar-refractivity contribution is 7.14. The van der Waals surface area contributed by atoms with Crippen LogP contribution in [0.3, 0.4) is 0 Å². The average molecular weight is 310 g/mol. The molecule has 7 heteroatoms. The van der Waals surface area contributed by atoms with Crippen LogP contribution in [0.1, 0.15) is 53.0 Å². The lowest BCUT2D eigenvalue weighted by molar-refractivity contribution is 0.0697. The highest BCUT2D eigenvalue weighted by Gasteiger charge is 2.17. The molecule has 0 aromatic carbocycles. The van der Waals surface area contributed by atoms with E-state index in [0.29, 0.717) is 17.5 Å². The molecule has 0 aliphatic carbocycles. The molecule has 0 saturated carbocycles. The molecule has 21 heavy (non-hydrogen) atoms. The third kappa shape index (κ3) is 4.04. The van der Waals surface area contributed by atoms with Crippen LogP contribution < -0.4 is 4.74 Å². The average Bonchev–Trinajstić information content (AvgIpc) is 3.04. The molecule has 0 saturated heterocycles. The summed E-state index contributed by atoms with van der Waals surface area (Å²) in [7, 11) is 0. The van der Waals surface area contributed by atoms with Crippen molar-refractivity contribution in [3.63, 3.8) is 0 Å². The van der Waals surface area contributed by atoms with E-state index in [9.17, 15) is 9.90 Å². The van der Waals surface area contributed by atoms with Crippen LogP contribution in [-0.4, -0.2) is 21.2 Å². The number of ether oxygens (including phenoxy) is 1. The maximum Gasteiger partial charge on any atom is 0.349 e. The summed E-state index contributed by atoms with van der Waals surface area (Å²) >= 11 is 1.25. The van der Waals surface area contributed by atoms with Crippen molar-refractivity contribution in [1.82, 2.24) is 10.1 Å². The number of aromatic nitrogens is 2. The molecule has 0 radical (unpaired) electrons. The van der Waals surface area contributed by atoms with Gasteiger partial charge < -0.3 is 14.4 Å². The zero-order chi connectivity index (χ0) is 15.2. The molecule has 2 aromatic rings. The molecule has 0 aliphatic rings. The Labute approximate surface area is 126 Å². The van der Waals surface area contributed by atoms with Gasteiger partial charge in [-0.3, -0.25) is 0 Å². The number of nitrogens with zero attached hydrogens (tertiary/aromatic N) is 2. The first-order valence-electron chi connectivity index (χ1n) is 6.94. The van der Waals surface area contributed by atoms with Gasteiger partial charge in [-0.2, -0.15) is 4.98 Å².